The fraction of sp³-hybridized carbons (Fsp3) is 0.398. The lowest BCUT2D eigenvalue weighted by Crippen LogP contribution is -2.17. The van der Waals surface area contributed by atoms with Gasteiger partial charge in [0.1, 0.15) is 0 Å². The molecule has 0 N–H and O–H groups in total. The number of benzene rings is 4. The van der Waals surface area contributed by atoms with Crippen molar-refractivity contribution in [3.8, 4) is 0 Å². The van der Waals surface area contributed by atoms with Crippen molar-refractivity contribution in [2.45, 2.75) is 201 Å². The quantitative estimate of drug-likeness (QED) is 0.0925. The molecule has 0 nitrogen and oxygen atoms in total. The Hall–Kier alpha value is -7.28. The van der Waals surface area contributed by atoms with Gasteiger partial charge in [-0.05, 0) is 264 Å². The smallest absolute Gasteiger partial charge is 0.0281 e. The molecule has 0 aliphatic heterocycles. The maximum absolute atomic E-state index is 2.41. The molecule has 0 heterocycles. The van der Waals surface area contributed by atoms with E-state index in [4.69, 9.17) is 0 Å². The molecule has 3 atom stereocenters. The van der Waals surface area contributed by atoms with E-state index in [0.717, 1.165) is 48.9 Å². The van der Waals surface area contributed by atoms with Crippen LogP contribution in [0, 0.1) is 56.3 Å². The van der Waals surface area contributed by atoms with Gasteiger partial charge < -0.3 is 0 Å². The topological polar surface area (TPSA) is 0 Å². The van der Waals surface area contributed by atoms with Crippen molar-refractivity contribution in [3.05, 3.63) is 324 Å². The maximum Gasteiger partial charge on any atom is 0.0281 e. The number of hydrogen-bond donors (Lipinski definition) is 0. The van der Waals surface area contributed by atoms with Crippen LogP contribution in [0.3, 0.4) is 0 Å². The molecule has 4 aromatic rings. The predicted molar refractivity (Wildman–Crippen MR) is 399 cm³/mol. The summed E-state index contributed by atoms with van der Waals surface area (Å²) in [5.41, 5.74) is 30.5. The van der Waals surface area contributed by atoms with Gasteiger partial charge in [-0.1, -0.05) is 284 Å². The SMILES string of the molecule is C1=CC2C(C3=CCCC=C3)=CC=C(Cc3ccc(C4CCCCC4)cc3)C2=C1.C1=CC2C(C3=CCCC=C3)=CC=C(Cc3ccc(CCCCC4CCCC4)cc3)C2=C1.Cc1cc(C2=CC=C(Cc3ccc(C4CCC(C(C)C)CC4)cc3)C3=CC=CC32)cc(C)c1C. The first-order valence-electron chi connectivity index (χ1n) is 37.1. The van der Waals surface area contributed by atoms with Gasteiger partial charge in [-0.15, -0.1) is 0 Å². The fourth-order valence-electron chi connectivity index (χ4n) is 17.4. The third-order valence-corrected chi connectivity index (χ3v) is 23.4. The lowest BCUT2D eigenvalue weighted by Gasteiger charge is -2.31. The molecular formula is C93H106. The van der Waals surface area contributed by atoms with Crippen LogP contribution < -0.4 is 0 Å². The van der Waals surface area contributed by atoms with Crippen molar-refractivity contribution in [1.29, 1.82) is 0 Å². The molecule has 4 aromatic carbocycles. The van der Waals surface area contributed by atoms with Gasteiger partial charge in [0.25, 0.3) is 0 Å². The van der Waals surface area contributed by atoms with E-state index in [2.05, 4.69) is 247 Å². The summed E-state index contributed by atoms with van der Waals surface area (Å²) in [6.07, 6.45) is 80.7. The van der Waals surface area contributed by atoms with Crippen LogP contribution in [0.5, 0.6) is 0 Å². The van der Waals surface area contributed by atoms with Gasteiger partial charge >= 0.3 is 0 Å². The minimum Gasteiger partial charge on any atom is -0.0836 e. The monoisotopic (exact) mass is 1220 g/mol. The second-order valence-electron chi connectivity index (χ2n) is 29.8. The van der Waals surface area contributed by atoms with Gasteiger partial charge in [0.15, 0.2) is 0 Å². The van der Waals surface area contributed by atoms with Crippen LogP contribution in [-0.4, -0.2) is 0 Å². The Bertz CT molecular complexity index is 3810. The Morgan fingerprint density at radius 1 is 0.398 bits per heavy atom. The van der Waals surface area contributed by atoms with Gasteiger partial charge in [0.05, 0.1) is 0 Å². The highest BCUT2D eigenvalue weighted by molar-refractivity contribution is 5.79. The Balaban J connectivity index is 0.000000128. The summed E-state index contributed by atoms with van der Waals surface area (Å²) in [6.45, 7) is 11.5. The highest BCUT2D eigenvalue weighted by Gasteiger charge is 2.31. The number of allylic oxidation sites excluding steroid dienone is 32. The number of fused-ring (bicyclic) bond motifs is 3. The van der Waals surface area contributed by atoms with E-state index in [0.29, 0.717) is 17.8 Å². The van der Waals surface area contributed by atoms with Crippen molar-refractivity contribution in [2.75, 3.05) is 0 Å². The summed E-state index contributed by atoms with van der Waals surface area (Å²) in [6, 6.07) is 33.3. The summed E-state index contributed by atoms with van der Waals surface area (Å²) in [7, 11) is 0. The van der Waals surface area contributed by atoms with Crippen LogP contribution in [0.1, 0.15) is 210 Å². The molecule has 11 aliphatic carbocycles. The molecule has 93 heavy (non-hydrogen) atoms. The zero-order chi connectivity index (χ0) is 63.5. The molecule has 0 bridgehead atoms. The first-order valence-corrected chi connectivity index (χ1v) is 37.1. The molecule has 478 valence electrons. The number of rotatable bonds is 17. The molecule has 0 saturated heterocycles. The van der Waals surface area contributed by atoms with Gasteiger partial charge in [-0.2, -0.15) is 0 Å². The van der Waals surface area contributed by atoms with Crippen LogP contribution in [0.2, 0.25) is 0 Å². The Kier molecular flexibility index (Phi) is 21.4. The van der Waals surface area contributed by atoms with E-state index < -0.39 is 0 Å². The van der Waals surface area contributed by atoms with E-state index in [1.54, 1.807) is 11.1 Å². The number of hydrogen-bond acceptors (Lipinski definition) is 0. The zero-order valence-corrected chi connectivity index (χ0v) is 57.3. The first-order chi connectivity index (χ1) is 45.6. The third-order valence-electron chi connectivity index (χ3n) is 23.4. The molecule has 0 radical (unpaired) electrons. The Labute approximate surface area is 562 Å². The lowest BCUT2D eigenvalue weighted by atomic mass is 9.74. The van der Waals surface area contributed by atoms with Crippen LogP contribution in [0.4, 0.5) is 0 Å². The van der Waals surface area contributed by atoms with Crippen molar-refractivity contribution in [2.24, 2.45) is 35.5 Å². The maximum atomic E-state index is 2.41. The first kappa shape index (κ1) is 64.4. The van der Waals surface area contributed by atoms with E-state index in [9.17, 15) is 0 Å². The third kappa shape index (κ3) is 15.8. The largest absolute Gasteiger partial charge is 0.0836 e. The van der Waals surface area contributed by atoms with Gasteiger partial charge in [0.2, 0.25) is 0 Å². The predicted octanol–water partition coefficient (Wildman–Crippen LogP) is 25.1. The molecule has 0 heteroatoms. The molecule has 15 rings (SSSR count). The summed E-state index contributed by atoms with van der Waals surface area (Å²) in [5, 5.41) is 0. The van der Waals surface area contributed by atoms with Crippen LogP contribution in [0.15, 0.2) is 268 Å². The summed E-state index contributed by atoms with van der Waals surface area (Å²) in [4.78, 5) is 0. The molecule has 0 aromatic heterocycles. The summed E-state index contributed by atoms with van der Waals surface area (Å²) in [5.74, 6) is 5.63. The fourth-order valence-corrected chi connectivity index (χ4v) is 17.4. The Morgan fingerprint density at radius 2 is 0.828 bits per heavy atom. The molecule has 3 saturated carbocycles. The molecular weight excluding hydrogens is 1120 g/mol. The van der Waals surface area contributed by atoms with Crippen LogP contribution in [0.25, 0.3) is 5.57 Å². The van der Waals surface area contributed by atoms with E-state index in [-0.39, 0.29) is 0 Å². The number of aryl methyl sites for hydroxylation is 3. The van der Waals surface area contributed by atoms with Crippen LogP contribution in [-0.2, 0) is 25.7 Å². The second-order valence-corrected chi connectivity index (χ2v) is 29.8. The van der Waals surface area contributed by atoms with E-state index in [1.807, 2.05) is 0 Å². The second kappa shape index (κ2) is 30.9. The molecule has 0 amide bonds. The molecule has 3 fully saturated rings. The van der Waals surface area contributed by atoms with Gasteiger partial charge in [-0.25, -0.2) is 0 Å². The van der Waals surface area contributed by atoms with Crippen molar-refractivity contribution < 1.29 is 0 Å². The molecule has 11 aliphatic rings. The average Bonchev–Trinajstić information content (AvgIpc) is 1.79. The normalized spacial score (nSPS) is 23.7. The highest BCUT2D eigenvalue weighted by Crippen LogP contribution is 2.46. The van der Waals surface area contributed by atoms with E-state index in [1.165, 1.54) is 241 Å². The lowest BCUT2D eigenvalue weighted by molar-refractivity contribution is 0.259. The zero-order valence-electron chi connectivity index (χ0n) is 57.3. The van der Waals surface area contributed by atoms with Gasteiger partial charge in [0, 0.05) is 17.8 Å². The standard InChI is InChI=1S/C34H40.C31H36.C28H30/c1-22(2)27-13-15-29(16-14-27)28-11-9-26(10-12-28)21-30-17-18-33(34-8-6-7-32(30)34)31-19-23(3)25(5)24(4)20-31;1-2-13-27(14-3-1)30-22-21-28(29-15-8-16-31(29)30)23-26-19-17-25(18-20-26)12-7-6-11-24-9-4-5-10-24;1-3-8-22(9-4-1)23-16-14-21(15-17-23)20-25-18-19-27(24-10-5-2-6-11-24)28-13-7-12-26(25)28/h6-12,17-20,22,27,29,34H,13-16,21H2,1-5H3;2,8,13-22,24,31H,1,3-7,9-12,23H2;5,7,10-19,22,28H,1-4,6,8-9,20H2. The van der Waals surface area contributed by atoms with Crippen molar-refractivity contribution >= 4 is 5.57 Å². The van der Waals surface area contributed by atoms with Crippen LogP contribution >= 0.6 is 0 Å². The van der Waals surface area contributed by atoms with Gasteiger partial charge in [-0.3, -0.25) is 0 Å². The van der Waals surface area contributed by atoms with E-state index >= 15 is 0 Å². The molecule has 0 spiro atoms. The molecule has 3 unspecified atom stereocenters. The minimum absolute atomic E-state index is 0.386. The highest BCUT2D eigenvalue weighted by atomic mass is 14.3. The average molecular weight is 1220 g/mol. The Morgan fingerprint density at radius 3 is 1.29 bits per heavy atom. The number of unbranched alkanes of at least 4 members (excludes halogenated alkanes) is 1. The summed E-state index contributed by atoms with van der Waals surface area (Å²) >= 11 is 0. The minimum atomic E-state index is 0.386. The van der Waals surface area contributed by atoms with Crippen molar-refractivity contribution in [3.63, 3.8) is 0 Å². The summed E-state index contributed by atoms with van der Waals surface area (Å²) < 4.78 is 0. The van der Waals surface area contributed by atoms with Crippen molar-refractivity contribution in [1.82, 2.24) is 0 Å².